The molecule has 0 fully saturated rings. The van der Waals surface area contributed by atoms with E-state index in [0.29, 0.717) is 23.1 Å². The van der Waals surface area contributed by atoms with Crippen LogP contribution in [0.1, 0.15) is 6.92 Å². The second kappa shape index (κ2) is 9.22. The van der Waals surface area contributed by atoms with E-state index in [1.807, 2.05) is 10.6 Å². The van der Waals surface area contributed by atoms with Crippen molar-refractivity contribution >= 4 is 38.5 Å². The fourth-order valence-corrected chi connectivity index (χ4v) is 3.56. The summed E-state index contributed by atoms with van der Waals surface area (Å²) in [7, 11) is -0.692. The van der Waals surface area contributed by atoms with Gasteiger partial charge in [0, 0.05) is 23.5 Å². The number of hydrogen-bond donors (Lipinski definition) is 1. The first-order valence-electron chi connectivity index (χ1n) is 9.49. The number of nitrogens with zero attached hydrogens (tertiary/aromatic N) is 4. The van der Waals surface area contributed by atoms with Gasteiger partial charge in [0.25, 0.3) is 0 Å². The number of anilines is 1. The van der Waals surface area contributed by atoms with E-state index >= 15 is 0 Å². The van der Waals surface area contributed by atoms with Gasteiger partial charge in [0.05, 0.1) is 23.5 Å². The molecule has 0 bridgehead atoms. The summed E-state index contributed by atoms with van der Waals surface area (Å²) in [6.07, 6.45) is 5.31. The van der Waals surface area contributed by atoms with Crippen LogP contribution in [0.4, 0.5) is 19.1 Å². The molecule has 0 radical (unpaired) electrons. The first kappa shape index (κ1) is 23.6. The predicted octanol–water partition coefficient (Wildman–Crippen LogP) is 5.18. The predicted molar refractivity (Wildman–Crippen MR) is 121 cm³/mol. The minimum absolute atomic E-state index is 0.104. The van der Waals surface area contributed by atoms with Crippen molar-refractivity contribution in [3.8, 4) is 11.4 Å². The number of ether oxygens (including phenoxy) is 1. The number of rotatable bonds is 8. The number of pyridine rings is 1. The van der Waals surface area contributed by atoms with Crippen LogP contribution in [-0.4, -0.2) is 62.9 Å². The average Bonchev–Trinajstić information content (AvgIpc) is 3.02. The van der Waals surface area contributed by atoms with Gasteiger partial charge < -0.3 is 14.6 Å². The second-order valence-corrected chi connectivity index (χ2v) is 13.0. The molecule has 0 aromatic carbocycles. The molecule has 0 saturated heterocycles. The Hall–Kier alpha value is -2.04. The van der Waals surface area contributed by atoms with Gasteiger partial charge in [0.2, 0.25) is 5.95 Å². The van der Waals surface area contributed by atoms with Crippen molar-refractivity contribution in [2.75, 3.05) is 36.4 Å². The van der Waals surface area contributed by atoms with Crippen molar-refractivity contribution in [1.82, 2.24) is 19.5 Å². The van der Waals surface area contributed by atoms with Crippen LogP contribution in [0.15, 0.2) is 30.6 Å². The van der Waals surface area contributed by atoms with E-state index in [1.54, 1.807) is 18.3 Å². The normalized spacial score (nSPS) is 14.1. The molecule has 0 amide bonds. The molecule has 0 saturated carbocycles. The van der Waals surface area contributed by atoms with Crippen molar-refractivity contribution in [3.63, 3.8) is 0 Å². The number of hydrogen-bond acceptors (Lipinski definition) is 5. The van der Waals surface area contributed by atoms with Gasteiger partial charge in [0.1, 0.15) is 17.9 Å². The number of alkyl halides is 3. The lowest BCUT2D eigenvalue weighted by atomic mass is 10.2. The SMILES string of the molecule is CC(Nc1nccc(-c2cc3cnc(Cl)cc3n2COCCS(C)(C)C)n1)C(F)(F)F. The summed E-state index contributed by atoms with van der Waals surface area (Å²) in [5, 5.41) is 3.46. The zero-order valence-corrected chi connectivity index (χ0v) is 19.3. The van der Waals surface area contributed by atoms with E-state index in [9.17, 15) is 13.2 Å². The van der Waals surface area contributed by atoms with E-state index < -0.39 is 22.2 Å². The summed E-state index contributed by atoms with van der Waals surface area (Å²) < 4.78 is 46.5. The molecule has 170 valence electrons. The van der Waals surface area contributed by atoms with Gasteiger partial charge >= 0.3 is 6.18 Å². The Kier molecular flexibility index (Phi) is 7.02. The highest BCUT2D eigenvalue weighted by molar-refractivity contribution is 8.32. The minimum Gasteiger partial charge on any atom is -0.360 e. The maximum Gasteiger partial charge on any atom is 0.408 e. The standard InChI is InChI=1S/C20H25ClF3N5OS/c1-13(20(22,23)24)27-19-25-6-5-15(28-19)17-9-14-11-26-18(21)10-16(14)29(17)12-30-7-8-31(2,3)4/h5-6,9-11,13H,7-8,12H2,1-4H3,(H,25,27,28). The van der Waals surface area contributed by atoms with Crippen LogP contribution < -0.4 is 5.32 Å². The van der Waals surface area contributed by atoms with Crippen LogP contribution in [0.25, 0.3) is 22.3 Å². The lowest BCUT2D eigenvalue weighted by Crippen LogP contribution is -2.33. The molecule has 0 aliphatic heterocycles. The van der Waals surface area contributed by atoms with Crippen LogP contribution in [0.2, 0.25) is 5.15 Å². The van der Waals surface area contributed by atoms with Gasteiger partial charge in [-0.05, 0) is 43.9 Å². The number of halogens is 4. The van der Waals surface area contributed by atoms with Crippen LogP contribution in [0.5, 0.6) is 0 Å². The quantitative estimate of drug-likeness (QED) is 0.359. The molecule has 0 aliphatic carbocycles. The number of aromatic nitrogens is 4. The molecule has 3 aromatic rings. The van der Waals surface area contributed by atoms with Crippen molar-refractivity contribution in [1.29, 1.82) is 0 Å². The fourth-order valence-electron chi connectivity index (χ4n) is 2.79. The summed E-state index contributed by atoms with van der Waals surface area (Å²) in [6, 6.07) is 3.45. The fraction of sp³-hybridized carbons (Fsp3) is 0.450. The molecule has 11 heteroatoms. The van der Waals surface area contributed by atoms with Crippen LogP contribution in [0, 0.1) is 0 Å². The topological polar surface area (TPSA) is 64.9 Å². The van der Waals surface area contributed by atoms with Gasteiger partial charge in [-0.15, -0.1) is 0 Å². The summed E-state index contributed by atoms with van der Waals surface area (Å²) in [4.78, 5) is 12.3. The largest absolute Gasteiger partial charge is 0.408 e. The van der Waals surface area contributed by atoms with Crippen molar-refractivity contribution in [3.05, 3.63) is 35.7 Å². The number of nitrogens with one attached hydrogen (secondary N) is 1. The van der Waals surface area contributed by atoms with Gasteiger partial charge in [-0.3, -0.25) is 0 Å². The van der Waals surface area contributed by atoms with Crippen molar-refractivity contribution < 1.29 is 17.9 Å². The van der Waals surface area contributed by atoms with E-state index in [-0.39, 0.29) is 12.7 Å². The van der Waals surface area contributed by atoms with E-state index in [1.165, 1.54) is 6.20 Å². The highest BCUT2D eigenvalue weighted by atomic mass is 35.5. The van der Waals surface area contributed by atoms with E-state index in [0.717, 1.165) is 23.6 Å². The maximum atomic E-state index is 12.9. The molecular weight excluding hydrogens is 451 g/mol. The zero-order chi connectivity index (χ0) is 22.8. The maximum absolute atomic E-state index is 12.9. The van der Waals surface area contributed by atoms with E-state index in [2.05, 4.69) is 39.0 Å². The van der Waals surface area contributed by atoms with Crippen LogP contribution >= 0.6 is 21.6 Å². The van der Waals surface area contributed by atoms with Crippen LogP contribution in [0.3, 0.4) is 0 Å². The molecule has 1 atom stereocenters. The van der Waals surface area contributed by atoms with Crippen molar-refractivity contribution in [2.45, 2.75) is 25.9 Å². The molecule has 1 unspecified atom stereocenters. The Labute approximate surface area is 185 Å². The molecule has 31 heavy (non-hydrogen) atoms. The average molecular weight is 476 g/mol. The first-order chi connectivity index (χ1) is 14.4. The summed E-state index contributed by atoms with van der Waals surface area (Å²) in [5.41, 5.74) is 1.94. The van der Waals surface area contributed by atoms with E-state index in [4.69, 9.17) is 16.3 Å². The molecular formula is C20H25ClF3N5OS. The summed E-state index contributed by atoms with van der Waals surface area (Å²) in [6.45, 7) is 1.86. The first-order valence-corrected chi connectivity index (χ1v) is 12.9. The molecule has 3 heterocycles. The third kappa shape index (κ3) is 6.24. The smallest absolute Gasteiger partial charge is 0.360 e. The number of fused-ring (bicyclic) bond motifs is 1. The lowest BCUT2D eigenvalue weighted by molar-refractivity contribution is -0.138. The molecule has 3 rings (SSSR count). The molecule has 6 nitrogen and oxygen atoms in total. The minimum atomic E-state index is -4.40. The summed E-state index contributed by atoms with van der Waals surface area (Å²) in [5.74, 6) is 0.855. The highest BCUT2D eigenvalue weighted by Crippen LogP contribution is 2.34. The second-order valence-electron chi connectivity index (χ2n) is 8.03. The monoisotopic (exact) mass is 475 g/mol. The van der Waals surface area contributed by atoms with Gasteiger partial charge in [-0.2, -0.15) is 13.2 Å². The molecule has 1 N–H and O–H groups in total. The third-order valence-electron chi connectivity index (χ3n) is 4.57. The Morgan fingerprint density at radius 3 is 2.65 bits per heavy atom. The van der Waals surface area contributed by atoms with Crippen molar-refractivity contribution in [2.24, 2.45) is 0 Å². The Bertz CT molecular complexity index is 1050. The Morgan fingerprint density at radius 2 is 1.97 bits per heavy atom. The Morgan fingerprint density at radius 1 is 1.23 bits per heavy atom. The van der Waals surface area contributed by atoms with Crippen LogP contribution in [-0.2, 0) is 11.5 Å². The molecule has 0 spiro atoms. The van der Waals surface area contributed by atoms with Gasteiger partial charge in [0.15, 0.2) is 0 Å². The Balaban J connectivity index is 1.93. The highest BCUT2D eigenvalue weighted by Gasteiger charge is 2.36. The molecule has 0 aliphatic rings. The van der Waals surface area contributed by atoms with Gasteiger partial charge in [-0.1, -0.05) is 11.6 Å². The lowest BCUT2D eigenvalue weighted by Gasteiger charge is -2.24. The zero-order valence-electron chi connectivity index (χ0n) is 17.7. The molecule has 3 aromatic heterocycles. The third-order valence-corrected chi connectivity index (χ3v) is 6.17. The van der Waals surface area contributed by atoms with Gasteiger partial charge in [-0.25, -0.2) is 25.0 Å². The summed E-state index contributed by atoms with van der Waals surface area (Å²) >= 11 is 6.09.